The molecule has 0 heterocycles. The van der Waals surface area contributed by atoms with Gasteiger partial charge < -0.3 is 20.7 Å². The molecule has 0 aliphatic carbocycles. The Morgan fingerprint density at radius 3 is 2.60 bits per heavy atom. The SMILES string of the molecule is COC(=O)c1cccc(N(C)CC(=O)NC(C)C)c1N. The van der Waals surface area contributed by atoms with Gasteiger partial charge in [-0.1, -0.05) is 6.07 Å². The molecule has 3 N–H and O–H groups in total. The number of ether oxygens (including phenoxy) is 1. The molecule has 1 amide bonds. The van der Waals surface area contributed by atoms with Crippen LogP contribution in [0.15, 0.2) is 18.2 Å². The summed E-state index contributed by atoms with van der Waals surface area (Å²) in [4.78, 5) is 25.0. The van der Waals surface area contributed by atoms with Crippen LogP contribution in [0, 0.1) is 0 Å². The van der Waals surface area contributed by atoms with Crippen molar-refractivity contribution >= 4 is 23.3 Å². The predicted octanol–water partition coefficient (Wildman–Crippen LogP) is 1.02. The molecule has 0 aliphatic heterocycles. The van der Waals surface area contributed by atoms with E-state index in [1.807, 2.05) is 13.8 Å². The third-order valence-corrected chi connectivity index (χ3v) is 2.73. The van der Waals surface area contributed by atoms with Gasteiger partial charge in [0.2, 0.25) is 5.91 Å². The Kier molecular flexibility index (Phi) is 5.37. The molecular weight excluding hydrogens is 258 g/mol. The van der Waals surface area contributed by atoms with E-state index >= 15 is 0 Å². The summed E-state index contributed by atoms with van der Waals surface area (Å²) in [7, 11) is 3.04. The quantitative estimate of drug-likeness (QED) is 0.621. The maximum atomic E-state index is 11.7. The molecular formula is C14H21N3O3. The number of amides is 1. The van der Waals surface area contributed by atoms with Crippen LogP contribution in [0.3, 0.4) is 0 Å². The number of hydrogen-bond donors (Lipinski definition) is 2. The molecule has 0 fully saturated rings. The van der Waals surface area contributed by atoms with Gasteiger partial charge in [-0.3, -0.25) is 4.79 Å². The van der Waals surface area contributed by atoms with Crippen molar-refractivity contribution < 1.29 is 14.3 Å². The zero-order valence-electron chi connectivity index (χ0n) is 12.3. The number of rotatable bonds is 5. The Morgan fingerprint density at radius 2 is 2.05 bits per heavy atom. The second-order valence-electron chi connectivity index (χ2n) is 4.81. The Bertz CT molecular complexity index is 500. The number of carbonyl (C=O) groups excluding carboxylic acids is 2. The third-order valence-electron chi connectivity index (χ3n) is 2.73. The number of esters is 1. The van der Waals surface area contributed by atoms with Crippen LogP contribution in [0.25, 0.3) is 0 Å². The molecule has 0 radical (unpaired) electrons. The summed E-state index contributed by atoms with van der Waals surface area (Å²) in [6.45, 7) is 3.95. The van der Waals surface area contributed by atoms with Gasteiger partial charge in [-0.25, -0.2) is 4.79 Å². The van der Waals surface area contributed by atoms with Crippen LogP contribution in [0.1, 0.15) is 24.2 Å². The number of carbonyl (C=O) groups is 2. The summed E-state index contributed by atoms with van der Waals surface area (Å²) in [5.41, 5.74) is 7.18. The molecule has 1 rings (SSSR count). The second-order valence-corrected chi connectivity index (χ2v) is 4.81. The van der Waals surface area contributed by atoms with Crippen LogP contribution in [-0.2, 0) is 9.53 Å². The minimum absolute atomic E-state index is 0.0784. The largest absolute Gasteiger partial charge is 0.465 e. The molecule has 0 unspecified atom stereocenters. The standard InChI is InChI=1S/C14H21N3O3/c1-9(2)16-12(18)8-17(3)11-7-5-6-10(13(11)15)14(19)20-4/h5-7,9H,8,15H2,1-4H3,(H,16,18). The average Bonchev–Trinajstić information content (AvgIpc) is 2.36. The van der Waals surface area contributed by atoms with Crippen LogP contribution in [0.2, 0.25) is 0 Å². The maximum absolute atomic E-state index is 11.7. The molecule has 0 bridgehead atoms. The molecule has 1 aromatic rings. The number of likely N-dealkylation sites (N-methyl/N-ethyl adjacent to an activating group) is 1. The first-order valence-corrected chi connectivity index (χ1v) is 6.34. The molecule has 20 heavy (non-hydrogen) atoms. The van der Waals surface area contributed by atoms with E-state index in [1.54, 1.807) is 30.1 Å². The zero-order chi connectivity index (χ0) is 15.3. The highest BCUT2D eigenvalue weighted by Gasteiger charge is 2.16. The molecule has 110 valence electrons. The Morgan fingerprint density at radius 1 is 1.40 bits per heavy atom. The van der Waals surface area contributed by atoms with E-state index in [0.717, 1.165) is 0 Å². The maximum Gasteiger partial charge on any atom is 0.340 e. The first-order chi connectivity index (χ1) is 9.36. The lowest BCUT2D eigenvalue weighted by molar-refractivity contribution is -0.120. The molecule has 0 saturated heterocycles. The van der Waals surface area contributed by atoms with Gasteiger partial charge in [0.1, 0.15) is 0 Å². The monoisotopic (exact) mass is 279 g/mol. The minimum Gasteiger partial charge on any atom is -0.465 e. The first kappa shape index (κ1) is 15.8. The molecule has 0 atom stereocenters. The van der Waals surface area contributed by atoms with Gasteiger partial charge in [0.25, 0.3) is 0 Å². The molecule has 0 aliphatic rings. The third kappa shape index (κ3) is 3.88. The van der Waals surface area contributed by atoms with E-state index in [1.165, 1.54) is 7.11 Å². The number of benzene rings is 1. The van der Waals surface area contributed by atoms with Crippen LogP contribution in [0.5, 0.6) is 0 Å². The second kappa shape index (κ2) is 6.79. The summed E-state index contributed by atoms with van der Waals surface area (Å²) in [5, 5.41) is 2.80. The Balaban J connectivity index is 2.91. The van der Waals surface area contributed by atoms with Gasteiger partial charge in [-0.05, 0) is 26.0 Å². The van der Waals surface area contributed by atoms with Crippen LogP contribution in [0.4, 0.5) is 11.4 Å². The predicted molar refractivity (Wildman–Crippen MR) is 78.7 cm³/mol. The lowest BCUT2D eigenvalue weighted by Gasteiger charge is -2.22. The van der Waals surface area contributed by atoms with E-state index < -0.39 is 5.97 Å². The van der Waals surface area contributed by atoms with E-state index in [-0.39, 0.29) is 18.5 Å². The molecule has 1 aromatic carbocycles. The Hall–Kier alpha value is -2.24. The number of hydrogen-bond acceptors (Lipinski definition) is 5. The molecule has 0 spiro atoms. The highest BCUT2D eigenvalue weighted by molar-refractivity contribution is 5.98. The first-order valence-electron chi connectivity index (χ1n) is 6.34. The van der Waals surface area contributed by atoms with Gasteiger partial charge >= 0.3 is 5.97 Å². The van der Waals surface area contributed by atoms with Crippen LogP contribution in [-0.4, -0.2) is 38.6 Å². The van der Waals surface area contributed by atoms with E-state index in [4.69, 9.17) is 5.73 Å². The molecule has 6 heteroatoms. The molecule has 6 nitrogen and oxygen atoms in total. The highest BCUT2D eigenvalue weighted by atomic mass is 16.5. The van der Waals surface area contributed by atoms with Crippen LogP contribution >= 0.6 is 0 Å². The number of nitrogens with one attached hydrogen (secondary N) is 1. The smallest absolute Gasteiger partial charge is 0.340 e. The number of methoxy groups -OCH3 is 1. The number of nitrogens with two attached hydrogens (primary N) is 1. The van der Waals surface area contributed by atoms with E-state index in [2.05, 4.69) is 10.1 Å². The van der Waals surface area contributed by atoms with Crippen molar-refractivity contribution in [1.29, 1.82) is 0 Å². The number of anilines is 2. The summed E-state index contributed by atoms with van der Waals surface area (Å²) < 4.78 is 4.67. The molecule has 0 aromatic heterocycles. The summed E-state index contributed by atoms with van der Waals surface area (Å²) in [6.07, 6.45) is 0. The van der Waals surface area contributed by atoms with Crippen LogP contribution < -0.4 is 16.0 Å². The van der Waals surface area contributed by atoms with Crippen molar-refractivity contribution in [2.24, 2.45) is 0 Å². The topological polar surface area (TPSA) is 84.7 Å². The van der Waals surface area contributed by atoms with Gasteiger partial charge in [0.05, 0.1) is 30.6 Å². The summed E-state index contributed by atoms with van der Waals surface area (Å²) in [5.74, 6) is -0.602. The van der Waals surface area contributed by atoms with Crippen molar-refractivity contribution in [3.05, 3.63) is 23.8 Å². The van der Waals surface area contributed by atoms with Gasteiger partial charge in [0.15, 0.2) is 0 Å². The van der Waals surface area contributed by atoms with E-state index in [0.29, 0.717) is 16.9 Å². The summed E-state index contributed by atoms with van der Waals surface area (Å²) in [6, 6.07) is 5.13. The lowest BCUT2D eigenvalue weighted by atomic mass is 10.1. The summed E-state index contributed by atoms with van der Waals surface area (Å²) >= 11 is 0. The number of para-hydroxylation sites is 1. The Labute approximate surface area is 118 Å². The zero-order valence-corrected chi connectivity index (χ0v) is 12.3. The minimum atomic E-state index is -0.496. The van der Waals surface area contributed by atoms with Crippen molar-refractivity contribution in [3.8, 4) is 0 Å². The number of nitrogens with zero attached hydrogens (tertiary/aromatic N) is 1. The van der Waals surface area contributed by atoms with Gasteiger partial charge in [-0.15, -0.1) is 0 Å². The van der Waals surface area contributed by atoms with Crippen molar-refractivity contribution in [2.75, 3.05) is 31.3 Å². The van der Waals surface area contributed by atoms with Gasteiger partial charge in [-0.2, -0.15) is 0 Å². The average molecular weight is 279 g/mol. The highest BCUT2D eigenvalue weighted by Crippen LogP contribution is 2.26. The van der Waals surface area contributed by atoms with Gasteiger partial charge in [0, 0.05) is 13.1 Å². The fourth-order valence-corrected chi connectivity index (χ4v) is 1.84. The van der Waals surface area contributed by atoms with E-state index in [9.17, 15) is 9.59 Å². The fraction of sp³-hybridized carbons (Fsp3) is 0.429. The molecule has 0 saturated carbocycles. The van der Waals surface area contributed by atoms with Crippen molar-refractivity contribution in [2.45, 2.75) is 19.9 Å². The fourth-order valence-electron chi connectivity index (χ4n) is 1.84. The van der Waals surface area contributed by atoms with Crippen molar-refractivity contribution in [1.82, 2.24) is 5.32 Å². The normalized spacial score (nSPS) is 10.2. The van der Waals surface area contributed by atoms with Crippen molar-refractivity contribution in [3.63, 3.8) is 0 Å². The number of nitrogen functional groups attached to an aromatic ring is 1. The lowest BCUT2D eigenvalue weighted by Crippen LogP contribution is -2.38.